The topological polar surface area (TPSA) is 88.5 Å². The number of ether oxygens (including phenoxy) is 3. The van der Waals surface area contributed by atoms with Gasteiger partial charge in [-0.05, 0) is 80.0 Å². The first-order chi connectivity index (χ1) is 21.4. The summed E-state index contributed by atoms with van der Waals surface area (Å²) in [5, 5.41) is 10.7. The van der Waals surface area contributed by atoms with Crippen molar-refractivity contribution in [1.29, 1.82) is 0 Å². The molecule has 2 aromatic rings. The summed E-state index contributed by atoms with van der Waals surface area (Å²) in [4.78, 5) is 31.5. The van der Waals surface area contributed by atoms with Crippen LogP contribution in [-0.4, -0.2) is 61.0 Å². The molecule has 2 aromatic carbocycles. The maximum Gasteiger partial charge on any atom is 0.308 e. The molecular formula is C36H49FN2O6. The van der Waals surface area contributed by atoms with Crippen LogP contribution in [0, 0.1) is 24.1 Å². The Hall–Kier alpha value is -3.59. The minimum atomic E-state index is -0.909. The van der Waals surface area contributed by atoms with E-state index in [1.165, 1.54) is 6.07 Å². The van der Waals surface area contributed by atoms with Crippen LogP contribution in [0.25, 0.3) is 0 Å². The van der Waals surface area contributed by atoms with Gasteiger partial charge in [0.1, 0.15) is 5.82 Å². The molecule has 3 unspecified atom stereocenters. The molecule has 0 aromatic heterocycles. The quantitative estimate of drug-likeness (QED) is 0.220. The zero-order valence-corrected chi connectivity index (χ0v) is 27.8. The van der Waals surface area contributed by atoms with Gasteiger partial charge < -0.3 is 24.2 Å². The fourth-order valence-electron chi connectivity index (χ4n) is 7.16. The lowest BCUT2D eigenvalue weighted by molar-refractivity contribution is -0.143. The highest BCUT2D eigenvalue weighted by molar-refractivity contribution is 5.95. The van der Waals surface area contributed by atoms with Crippen LogP contribution in [0.4, 0.5) is 10.1 Å². The number of aryl methyl sites for hydroxylation is 1. The molecule has 8 nitrogen and oxygen atoms in total. The minimum absolute atomic E-state index is 0.0406. The third-order valence-electron chi connectivity index (χ3n) is 9.13. The van der Waals surface area contributed by atoms with Crippen molar-refractivity contribution in [3.05, 3.63) is 59.4 Å². The largest absolute Gasteiger partial charge is 0.493 e. The number of nitrogens with zero attached hydrogens (tertiary/aromatic N) is 2. The summed E-state index contributed by atoms with van der Waals surface area (Å²) in [5.41, 5.74) is 1.61. The molecule has 0 spiro atoms. The van der Waals surface area contributed by atoms with Crippen LogP contribution in [0.15, 0.2) is 42.5 Å². The van der Waals surface area contributed by atoms with Crippen LogP contribution >= 0.6 is 0 Å². The normalized spacial score (nSPS) is 19.9. The smallest absolute Gasteiger partial charge is 0.308 e. The average Bonchev–Trinajstić information content (AvgIpc) is 3.59. The number of aliphatic carboxylic acids is 1. The molecule has 4 rings (SSSR count). The number of carbonyl (C=O) groups excluding carboxylic acids is 1. The average molecular weight is 625 g/mol. The van der Waals surface area contributed by atoms with E-state index in [9.17, 15) is 19.1 Å². The van der Waals surface area contributed by atoms with Gasteiger partial charge in [-0.3, -0.25) is 14.5 Å². The second-order valence-corrected chi connectivity index (χ2v) is 13.0. The molecule has 1 amide bonds. The zero-order valence-electron chi connectivity index (χ0n) is 27.8. The molecule has 9 heteroatoms. The van der Waals surface area contributed by atoms with Crippen molar-refractivity contribution < 1.29 is 33.3 Å². The van der Waals surface area contributed by atoms with Crippen LogP contribution in [0.3, 0.4) is 0 Å². The Morgan fingerprint density at radius 2 is 1.89 bits per heavy atom. The second-order valence-electron chi connectivity index (χ2n) is 13.0. The van der Waals surface area contributed by atoms with E-state index in [4.69, 9.17) is 14.2 Å². The fourth-order valence-corrected chi connectivity index (χ4v) is 7.16. The summed E-state index contributed by atoms with van der Waals surface area (Å²) in [5.74, 6) is -1.02. The van der Waals surface area contributed by atoms with Crippen molar-refractivity contribution in [3.8, 4) is 17.2 Å². The van der Waals surface area contributed by atoms with E-state index in [1.807, 2.05) is 34.9 Å². The molecule has 2 heterocycles. The summed E-state index contributed by atoms with van der Waals surface area (Å²) in [6.07, 6.45) is 8.04. The molecule has 45 heavy (non-hydrogen) atoms. The predicted octanol–water partition coefficient (Wildman–Crippen LogP) is 7.33. The van der Waals surface area contributed by atoms with E-state index < -0.39 is 23.8 Å². The summed E-state index contributed by atoms with van der Waals surface area (Å²) >= 11 is 0. The lowest BCUT2D eigenvalue weighted by Crippen LogP contribution is -2.48. The molecule has 1 fully saturated rings. The number of methoxy groups -OCH3 is 1. The summed E-state index contributed by atoms with van der Waals surface area (Å²) in [6.45, 7) is 12.5. The predicted molar refractivity (Wildman–Crippen MR) is 174 cm³/mol. The third-order valence-corrected chi connectivity index (χ3v) is 9.13. The van der Waals surface area contributed by atoms with Crippen LogP contribution < -0.4 is 19.1 Å². The van der Waals surface area contributed by atoms with Crippen molar-refractivity contribution in [2.45, 2.75) is 91.6 Å². The maximum absolute atomic E-state index is 14.5. The Morgan fingerprint density at radius 1 is 1.18 bits per heavy atom. The first kappa shape index (κ1) is 34.3. The van der Waals surface area contributed by atoms with Crippen molar-refractivity contribution in [2.24, 2.45) is 11.3 Å². The van der Waals surface area contributed by atoms with E-state index in [-0.39, 0.29) is 36.5 Å². The number of benzene rings is 2. The number of hydrogen-bond donors (Lipinski definition) is 1. The number of anilines is 1. The number of halogens is 1. The molecule has 0 bridgehead atoms. The van der Waals surface area contributed by atoms with Gasteiger partial charge in [-0.2, -0.15) is 0 Å². The fraction of sp³-hybridized carbons (Fsp3) is 0.556. The Morgan fingerprint density at radius 3 is 2.49 bits per heavy atom. The number of likely N-dealkylation sites (tertiary alicyclic amines) is 1. The van der Waals surface area contributed by atoms with E-state index in [0.29, 0.717) is 41.5 Å². The first-order valence-corrected chi connectivity index (χ1v) is 16.1. The van der Waals surface area contributed by atoms with Crippen LogP contribution in [0.2, 0.25) is 0 Å². The van der Waals surface area contributed by atoms with Crippen molar-refractivity contribution in [3.63, 3.8) is 0 Å². The highest BCUT2D eigenvalue weighted by Gasteiger charge is 2.49. The number of allylic oxidation sites excluding steroid dienone is 2. The van der Waals surface area contributed by atoms with Crippen molar-refractivity contribution in [1.82, 2.24) is 4.90 Å². The van der Waals surface area contributed by atoms with Gasteiger partial charge >= 0.3 is 5.97 Å². The zero-order chi connectivity index (χ0) is 32.9. The van der Waals surface area contributed by atoms with Crippen LogP contribution in [0.1, 0.15) is 83.8 Å². The van der Waals surface area contributed by atoms with Gasteiger partial charge in [0, 0.05) is 30.2 Å². The second kappa shape index (κ2) is 14.7. The molecule has 2 aliphatic heterocycles. The van der Waals surface area contributed by atoms with Crippen LogP contribution in [0.5, 0.6) is 17.2 Å². The van der Waals surface area contributed by atoms with Gasteiger partial charge in [-0.1, -0.05) is 52.7 Å². The summed E-state index contributed by atoms with van der Waals surface area (Å²) < 4.78 is 31.2. The van der Waals surface area contributed by atoms with Crippen LogP contribution in [-0.2, 0) is 9.59 Å². The lowest BCUT2D eigenvalue weighted by atomic mass is 9.77. The molecule has 1 N–H and O–H groups in total. The van der Waals surface area contributed by atoms with Crippen molar-refractivity contribution >= 4 is 17.6 Å². The van der Waals surface area contributed by atoms with E-state index >= 15 is 0 Å². The molecular weight excluding hydrogens is 575 g/mol. The van der Waals surface area contributed by atoms with E-state index in [0.717, 1.165) is 31.2 Å². The van der Waals surface area contributed by atoms with E-state index in [1.54, 1.807) is 26.2 Å². The molecule has 3 atom stereocenters. The molecule has 246 valence electrons. The lowest BCUT2D eigenvalue weighted by Gasteiger charge is -2.36. The standard InChI is InChI=1S/C36H49FN2O6/c1-8-11-25(12-9-2)39(26-13-14-28(37)23(4)16-26)32(40)21-38-20-27(24-17-30(43-7)34-31(18-24)44-22-45-34)33(35(41)42)29(38)19-36(5,6)15-10-3/h10,13-18,25,27,29,33H,8-9,11-12,19-22H2,1-7H3,(H,41,42)/b15-10+. The van der Waals surface area contributed by atoms with Gasteiger partial charge in [0.15, 0.2) is 11.5 Å². The molecule has 0 saturated carbocycles. The molecule has 1 saturated heterocycles. The number of carbonyl (C=O) groups is 2. The number of carboxylic acids is 1. The minimum Gasteiger partial charge on any atom is -0.493 e. The third kappa shape index (κ3) is 7.63. The van der Waals surface area contributed by atoms with Gasteiger partial charge in [0.2, 0.25) is 18.4 Å². The monoisotopic (exact) mass is 624 g/mol. The highest BCUT2D eigenvalue weighted by Crippen LogP contribution is 2.48. The highest BCUT2D eigenvalue weighted by atomic mass is 19.1. The van der Waals surface area contributed by atoms with Gasteiger partial charge in [-0.25, -0.2) is 4.39 Å². The molecule has 2 aliphatic rings. The van der Waals surface area contributed by atoms with Crippen molar-refractivity contribution in [2.75, 3.05) is 31.9 Å². The number of amides is 1. The maximum atomic E-state index is 14.5. The molecule has 0 radical (unpaired) electrons. The molecule has 0 aliphatic carbocycles. The number of hydrogen-bond acceptors (Lipinski definition) is 6. The summed E-state index contributed by atoms with van der Waals surface area (Å²) in [6, 6.07) is 8.04. The Kier molecular flexibility index (Phi) is 11.2. The number of fused-ring (bicyclic) bond motifs is 1. The Bertz CT molecular complexity index is 1390. The number of carboxylic acid groups (broad SMARTS) is 1. The first-order valence-electron chi connectivity index (χ1n) is 16.1. The van der Waals surface area contributed by atoms with Gasteiger partial charge in [-0.15, -0.1) is 0 Å². The summed E-state index contributed by atoms with van der Waals surface area (Å²) in [7, 11) is 1.55. The Labute approximate surface area is 267 Å². The SMILES string of the molecule is C/C=C/C(C)(C)CC1C(C(=O)O)C(c2cc(OC)c3c(c2)OCO3)CN1CC(=O)N(c1ccc(F)c(C)c1)C(CCC)CCC. The Balaban J connectivity index is 1.77. The van der Waals surface area contributed by atoms with Gasteiger partial charge in [0.05, 0.1) is 19.6 Å². The van der Waals surface area contributed by atoms with E-state index in [2.05, 4.69) is 33.8 Å². The van der Waals surface area contributed by atoms with Gasteiger partial charge in [0.25, 0.3) is 0 Å². The number of rotatable bonds is 14.